The maximum absolute atomic E-state index is 13.7. The fraction of sp³-hybridized carbons (Fsp3) is 0.188. The summed E-state index contributed by atoms with van der Waals surface area (Å²) < 4.78 is 26.6. The number of nitrogens with one attached hydrogen (secondary N) is 2. The van der Waals surface area contributed by atoms with Gasteiger partial charge in [-0.2, -0.15) is 0 Å². The van der Waals surface area contributed by atoms with E-state index < -0.39 is 28.5 Å². The van der Waals surface area contributed by atoms with Gasteiger partial charge in [0.05, 0.1) is 11.5 Å². The first-order chi connectivity index (χ1) is 11.8. The van der Waals surface area contributed by atoms with Crippen LogP contribution >= 0.6 is 11.6 Å². The lowest BCUT2D eigenvalue weighted by Gasteiger charge is -2.15. The number of nitro benzene ring substituents is 1. The molecule has 0 fully saturated rings. The van der Waals surface area contributed by atoms with Gasteiger partial charge in [-0.1, -0.05) is 17.7 Å². The molecule has 0 aliphatic carbocycles. The van der Waals surface area contributed by atoms with Crippen LogP contribution in [0.4, 0.5) is 20.2 Å². The number of anilines is 1. The topological polar surface area (TPSA) is 84.3 Å². The fourth-order valence-corrected chi connectivity index (χ4v) is 2.33. The first-order valence-corrected chi connectivity index (χ1v) is 7.58. The van der Waals surface area contributed by atoms with Crippen molar-refractivity contribution in [2.45, 2.75) is 13.0 Å². The third-order valence-corrected chi connectivity index (χ3v) is 3.66. The Kier molecular flexibility index (Phi) is 6.00. The molecule has 0 aromatic heterocycles. The van der Waals surface area contributed by atoms with Gasteiger partial charge < -0.3 is 10.6 Å². The van der Waals surface area contributed by atoms with Crippen LogP contribution in [0.2, 0.25) is 5.02 Å². The molecule has 2 aromatic carbocycles. The zero-order chi connectivity index (χ0) is 18.6. The lowest BCUT2D eigenvalue weighted by Crippen LogP contribution is -2.30. The molecule has 0 aliphatic heterocycles. The first kappa shape index (κ1) is 18.8. The Morgan fingerprint density at radius 1 is 1.28 bits per heavy atom. The lowest BCUT2D eigenvalue weighted by atomic mass is 10.1. The molecule has 0 bridgehead atoms. The van der Waals surface area contributed by atoms with Crippen molar-refractivity contribution >= 4 is 28.9 Å². The fourth-order valence-electron chi connectivity index (χ4n) is 2.16. The second-order valence-corrected chi connectivity index (χ2v) is 5.67. The van der Waals surface area contributed by atoms with Gasteiger partial charge in [-0.25, -0.2) is 8.78 Å². The minimum absolute atomic E-state index is 0.00168. The van der Waals surface area contributed by atoms with Gasteiger partial charge in [0.25, 0.3) is 5.69 Å². The van der Waals surface area contributed by atoms with E-state index in [0.29, 0.717) is 0 Å². The van der Waals surface area contributed by atoms with E-state index in [9.17, 15) is 23.7 Å². The highest BCUT2D eigenvalue weighted by molar-refractivity contribution is 6.31. The van der Waals surface area contributed by atoms with Crippen molar-refractivity contribution in [2.24, 2.45) is 0 Å². The largest absolute Gasteiger partial charge is 0.319 e. The van der Waals surface area contributed by atoms with E-state index in [-0.39, 0.29) is 28.5 Å². The zero-order valence-electron chi connectivity index (χ0n) is 13.1. The Morgan fingerprint density at radius 2 is 2.00 bits per heavy atom. The van der Waals surface area contributed by atoms with Crippen molar-refractivity contribution < 1.29 is 18.5 Å². The van der Waals surface area contributed by atoms with Gasteiger partial charge in [0.15, 0.2) is 0 Å². The molecule has 0 saturated heterocycles. The van der Waals surface area contributed by atoms with Crippen molar-refractivity contribution in [1.29, 1.82) is 0 Å². The van der Waals surface area contributed by atoms with E-state index in [4.69, 9.17) is 11.6 Å². The molecular weight excluding hydrogens is 356 g/mol. The average Bonchev–Trinajstić information content (AvgIpc) is 2.54. The third kappa shape index (κ3) is 4.94. The van der Waals surface area contributed by atoms with Gasteiger partial charge in [-0.15, -0.1) is 0 Å². The lowest BCUT2D eigenvalue weighted by molar-refractivity contribution is -0.383. The van der Waals surface area contributed by atoms with E-state index >= 15 is 0 Å². The molecule has 0 unspecified atom stereocenters. The van der Waals surface area contributed by atoms with Gasteiger partial charge in [0.2, 0.25) is 5.91 Å². The van der Waals surface area contributed by atoms with Crippen molar-refractivity contribution in [1.82, 2.24) is 5.32 Å². The highest BCUT2D eigenvalue weighted by atomic mass is 35.5. The summed E-state index contributed by atoms with van der Waals surface area (Å²) in [5.41, 5.74) is -0.132. The van der Waals surface area contributed by atoms with Gasteiger partial charge in [0.1, 0.15) is 17.3 Å². The Morgan fingerprint density at radius 3 is 2.64 bits per heavy atom. The van der Waals surface area contributed by atoms with Gasteiger partial charge in [0, 0.05) is 28.8 Å². The summed E-state index contributed by atoms with van der Waals surface area (Å²) in [5.74, 6) is -1.98. The standard InChI is InChI=1S/C16H14ClF2N3O3/c1-9(12-4-3-11(18)7-13(12)19)20-8-16(23)21-14-5-2-10(17)6-15(14)22(24)25/h2-7,9,20H,8H2,1H3,(H,21,23)/t9-/m0/s1. The van der Waals surface area contributed by atoms with E-state index in [0.717, 1.165) is 18.2 Å². The molecular formula is C16H14ClF2N3O3. The number of hydrogen-bond acceptors (Lipinski definition) is 4. The van der Waals surface area contributed by atoms with Crippen LogP contribution in [0.1, 0.15) is 18.5 Å². The molecule has 2 aromatic rings. The van der Waals surface area contributed by atoms with Crippen LogP contribution in [0, 0.1) is 21.7 Å². The van der Waals surface area contributed by atoms with Crippen LogP contribution < -0.4 is 10.6 Å². The van der Waals surface area contributed by atoms with Crippen LogP contribution in [0.3, 0.4) is 0 Å². The Hall–Kier alpha value is -2.58. The summed E-state index contributed by atoms with van der Waals surface area (Å²) in [7, 11) is 0. The second kappa shape index (κ2) is 8.00. The van der Waals surface area contributed by atoms with Crippen molar-refractivity contribution in [3.63, 3.8) is 0 Å². The molecule has 9 heteroatoms. The maximum Gasteiger partial charge on any atom is 0.294 e. The number of rotatable bonds is 6. The predicted molar refractivity (Wildman–Crippen MR) is 89.5 cm³/mol. The summed E-state index contributed by atoms with van der Waals surface area (Å²) in [5, 5.41) is 16.3. The maximum atomic E-state index is 13.7. The second-order valence-electron chi connectivity index (χ2n) is 5.24. The van der Waals surface area contributed by atoms with Crippen LogP contribution in [-0.2, 0) is 4.79 Å². The molecule has 0 heterocycles. The predicted octanol–water partition coefficient (Wildman–Crippen LogP) is 3.82. The monoisotopic (exact) mass is 369 g/mol. The van der Waals surface area contributed by atoms with Crippen molar-refractivity contribution in [3.8, 4) is 0 Å². The minimum Gasteiger partial charge on any atom is -0.319 e. The van der Waals surface area contributed by atoms with E-state index in [1.54, 1.807) is 6.92 Å². The molecule has 0 spiro atoms. The average molecular weight is 370 g/mol. The van der Waals surface area contributed by atoms with E-state index in [1.165, 1.54) is 18.2 Å². The highest BCUT2D eigenvalue weighted by Crippen LogP contribution is 2.27. The molecule has 132 valence electrons. The summed E-state index contributed by atoms with van der Waals surface area (Å²) in [6, 6.07) is 6.45. The molecule has 0 saturated carbocycles. The van der Waals surface area contributed by atoms with E-state index in [1.807, 2.05) is 0 Å². The van der Waals surface area contributed by atoms with Crippen LogP contribution in [-0.4, -0.2) is 17.4 Å². The van der Waals surface area contributed by atoms with Crippen LogP contribution in [0.15, 0.2) is 36.4 Å². The van der Waals surface area contributed by atoms with Crippen molar-refractivity contribution in [3.05, 3.63) is 68.7 Å². The number of halogens is 3. The third-order valence-electron chi connectivity index (χ3n) is 3.43. The molecule has 2 rings (SSSR count). The van der Waals surface area contributed by atoms with Gasteiger partial charge >= 0.3 is 0 Å². The van der Waals surface area contributed by atoms with Crippen molar-refractivity contribution in [2.75, 3.05) is 11.9 Å². The molecule has 1 amide bonds. The van der Waals surface area contributed by atoms with Crippen LogP contribution in [0.25, 0.3) is 0 Å². The number of carbonyl (C=O) groups is 1. The number of benzene rings is 2. The number of carbonyl (C=O) groups excluding carboxylic acids is 1. The Labute approximate surface area is 146 Å². The summed E-state index contributed by atoms with van der Waals surface area (Å²) >= 11 is 5.70. The number of amides is 1. The molecule has 0 aliphatic rings. The SMILES string of the molecule is C[C@H](NCC(=O)Nc1ccc(Cl)cc1[N+](=O)[O-])c1ccc(F)cc1F. The molecule has 0 radical (unpaired) electrons. The summed E-state index contributed by atoms with van der Waals surface area (Å²) in [6.07, 6.45) is 0. The highest BCUT2D eigenvalue weighted by Gasteiger charge is 2.17. The summed E-state index contributed by atoms with van der Waals surface area (Å²) in [4.78, 5) is 22.3. The molecule has 25 heavy (non-hydrogen) atoms. The van der Waals surface area contributed by atoms with E-state index in [2.05, 4.69) is 10.6 Å². The quantitative estimate of drug-likeness (QED) is 0.599. The van der Waals surface area contributed by atoms with Gasteiger partial charge in [-0.05, 0) is 25.1 Å². The minimum atomic E-state index is -0.728. The molecule has 6 nitrogen and oxygen atoms in total. The number of nitrogens with zero attached hydrogens (tertiary/aromatic N) is 1. The summed E-state index contributed by atoms with van der Waals surface area (Å²) in [6.45, 7) is 1.38. The molecule has 2 N–H and O–H groups in total. The molecule has 1 atom stereocenters. The number of nitro groups is 1. The van der Waals surface area contributed by atoms with Gasteiger partial charge in [-0.3, -0.25) is 14.9 Å². The normalized spacial score (nSPS) is 11.8. The zero-order valence-corrected chi connectivity index (χ0v) is 13.8. The smallest absolute Gasteiger partial charge is 0.294 e. The Bertz CT molecular complexity index is 817. The first-order valence-electron chi connectivity index (χ1n) is 7.20. The Balaban J connectivity index is 2.00. The van der Waals surface area contributed by atoms with Crippen LogP contribution in [0.5, 0.6) is 0 Å². The number of hydrogen-bond donors (Lipinski definition) is 2.